The summed E-state index contributed by atoms with van der Waals surface area (Å²) in [5, 5.41) is 3.56. The van der Waals surface area contributed by atoms with Gasteiger partial charge >= 0.3 is 0 Å². The number of carbonyl (C=O) groups is 1. The second-order valence-electron chi connectivity index (χ2n) is 5.59. The summed E-state index contributed by atoms with van der Waals surface area (Å²) in [5.74, 6) is 0.382. The van der Waals surface area contributed by atoms with Gasteiger partial charge in [-0.2, -0.15) is 0 Å². The third-order valence-corrected chi connectivity index (χ3v) is 4.05. The molecule has 1 aliphatic carbocycles. The van der Waals surface area contributed by atoms with Crippen molar-refractivity contribution in [1.82, 2.24) is 10.2 Å². The summed E-state index contributed by atoms with van der Waals surface area (Å²) in [6.45, 7) is 5.37. The number of unbranched alkanes of at least 4 members (excludes halogenated alkanes) is 3. The van der Waals surface area contributed by atoms with Crippen molar-refractivity contribution in [2.45, 2.75) is 76.9 Å². The van der Waals surface area contributed by atoms with Crippen LogP contribution >= 0.6 is 0 Å². The van der Waals surface area contributed by atoms with Gasteiger partial charge in [-0.3, -0.25) is 10.1 Å². The smallest absolute Gasteiger partial charge is 0.244 e. The van der Waals surface area contributed by atoms with Crippen molar-refractivity contribution in [1.29, 1.82) is 0 Å². The Morgan fingerprint density at radius 3 is 2.59 bits per heavy atom. The van der Waals surface area contributed by atoms with Gasteiger partial charge in [-0.05, 0) is 25.7 Å². The molecular weight excluding hydrogens is 212 g/mol. The van der Waals surface area contributed by atoms with Crippen LogP contribution in [0.15, 0.2) is 0 Å². The Kier molecular flexibility index (Phi) is 4.08. The van der Waals surface area contributed by atoms with E-state index in [0.717, 1.165) is 38.6 Å². The number of rotatable bonds is 7. The zero-order valence-electron chi connectivity index (χ0n) is 11.3. The lowest BCUT2D eigenvalue weighted by Crippen LogP contribution is -2.37. The molecule has 3 nitrogen and oxygen atoms in total. The zero-order valence-corrected chi connectivity index (χ0v) is 11.3. The summed E-state index contributed by atoms with van der Waals surface area (Å²) in [6, 6.07) is 0. The molecule has 2 rings (SSSR count). The van der Waals surface area contributed by atoms with E-state index < -0.39 is 0 Å². The van der Waals surface area contributed by atoms with Gasteiger partial charge in [0.25, 0.3) is 0 Å². The Labute approximate surface area is 105 Å². The van der Waals surface area contributed by atoms with Gasteiger partial charge in [0.05, 0.1) is 11.7 Å². The average Bonchev–Trinajstić information content (AvgIpc) is 3.04. The minimum absolute atomic E-state index is 0.120. The maximum absolute atomic E-state index is 12.3. The predicted molar refractivity (Wildman–Crippen MR) is 69.7 cm³/mol. The Balaban J connectivity index is 1.85. The van der Waals surface area contributed by atoms with Crippen LogP contribution in [0.3, 0.4) is 0 Å². The van der Waals surface area contributed by atoms with Crippen LogP contribution in [0.5, 0.6) is 0 Å². The summed E-state index contributed by atoms with van der Waals surface area (Å²) in [5.41, 5.74) is -0.120. The fourth-order valence-corrected chi connectivity index (χ4v) is 2.83. The molecule has 1 N–H and O–H groups in total. The van der Waals surface area contributed by atoms with Crippen LogP contribution in [0.25, 0.3) is 0 Å². The number of hydrogen-bond acceptors (Lipinski definition) is 2. The summed E-state index contributed by atoms with van der Waals surface area (Å²) >= 11 is 0. The first kappa shape index (κ1) is 12.9. The van der Waals surface area contributed by atoms with Crippen molar-refractivity contribution < 1.29 is 4.79 Å². The third kappa shape index (κ3) is 2.65. The van der Waals surface area contributed by atoms with Gasteiger partial charge < -0.3 is 4.90 Å². The van der Waals surface area contributed by atoms with Crippen LogP contribution in [0.4, 0.5) is 0 Å². The Hall–Kier alpha value is -0.570. The van der Waals surface area contributed by atoms with Crippen molar-refractivity contribution in [3.63, 3.8) is 0 Å². The average molecular weight is 238 g/mol. The minimum atomic E-state index is -0.120. The lowest BCUT2D eigenvalue weighted by molar-refractivity contribution is -0.130. The lowest BCUT2D eigenvalue weighted by atomic mass is 10.2. The molecule has 0 bridgehead atoms. The lowest BCUT2D eigenvalue weighted by Gasteiger charge is -2.23. The van der Waals surface area contributed by atoms with Crippen molar-refractivity contribution in [2.24, 2.45) is 0 Å². The highest BCUT2D eigenvalue weighted by Gasteiger charge is 2.58. The minimum Gasteiger partial charge on any atom is -0.326 e. The van der Waals surface area contributed by atoms with Gasteiger partial charge in [0, 0.05) is 6.54 Å². The molecule has 1 spiro atoms. The van der Waals surface area contributed by atoms with Crippen LogP contribution in [0, 0.1) is 0 Å². The Morgan fingerprint density at radius 1 is 1.24 bits per heavy atom. The van der Waals surface area contributed by atoms with Crippen LogP contribution in [-0.4, -0.2) is 29.1 Å². The molecule has 0 aromatic carbocycles. The quantitative estimate of drug-likeness (QED) is 0.692. The van der Waals surface area contributed by atoms with Gasteiger partial charge in [-0.25, -0.2) is 0 Å². The highest BCUT2D eigenvalue weighted by Crippen LogP contribution is 2.42. The Morgan fingerprint density at radius 2 is 2.00 bits per heavy atom. The molecule has 1 unspecified atom stereocenters. The van der Waals surface area contributed by atoms with E-state index in [0.29, 0.717) is 12.1 Å². The summed E-state index contributed by atoms with van der Waals surface area (Å²) in [6.07, 6.45) is 9.64. The van der Waals surface area contributed by atoms with Gasteiger partial charge in [-0.15, -0.1) is 0 Å². The largest absolute Gasteiger partial charge is 0.326 e. The normalized spacial score (nSPS) is 25.9. The molecule has 1 heterocycles. The van der Waals surface area contributed by atoms with E-state index in [1.54, 1.807) is 0 Å². The van der Waals surface area contributed by atoms with Gasteiger partial charge in [0.1, 0.15) is 0 Å². The molecule has 0 radical (unpaired) electrons. The monoisotopic (exact) mass is 238 g/mol. The molecule has 2 fully saturated rings. The number of carbonyl (C=O) groups excluding carboxylic acids is 1. The van der Waals surface area contributed by atoms with Crippen LogP contribution in [-0.2, 0) is 4.79 Å². The number of nitrogens with one attached hydrogen (secondary N) is 1. The van der Waals surface area contributed by atoms with E-state index in [9.17, 15) is 4.79 Å². The van der Waals surface area contributed by atoms with E-state index in [1.807, 2.05) is 0 Å². The molecule has 0 aromatic heterocycles. The van der Waals surface area contributed by atoms with Crippen molar-refractivity contribution in [3.05, 3.63) is 0 Å². The number of nitrogens with zero attached hydrogens (tertiary/aromatic N) is 1. The Bertz CT molecular complexity index is 273. The van der Waals surface area contributed by atoms with E-state index in [2.05, 4.69) is 24.1 Å². The molecule has 1 saturated carbocycles. The van der Waals surface area contributed by atoms with Crippen molar-refractivity contribution in [3.8, 4) is 0 Å². The molecule has 1 amide bonds. The first-order valence-electron chi connectivity index (χ1n) is 7.32. The number of hydrogen-bond donors (Lipinski definition) is 1. The standard InChI is InChI=1S/C14H26N2O/c1-3-5-6-7-11-16-12(8-4-2)15-14(9-10-14)13(16)17/h12,15H,3-11H2,1-2H3. The van der Waals surface area contributed by atoms with Crippen molar-refractivity contribution in [2.75, 3.05) is 6.54 Å². The van der Waals surface area contributed by atoms with Crippen LogP contribution in [0.1, 0.15) is 65.2 Å². The SMILES string of the molecule is CCCCCCN1C(=O)C2(CC2)NC1CCC. The second kappa shape index (κ2) is 5.38. The first-order chi connectivity index (χ1) is 8.23. The molecule has 98 valence electrons. The summed E-state index contributed by atoms with van der Waals surface area (Å²) < 4.78 is 0. The molecule has 0 aromatic rings. The highest BCUT2D eigenvalue weighted by molar-refractivity contribution is 5.91. The maximum Gasteiger partial charge on any atom is 0.244 e. The molecular formula is C14H26N2O. The first-order valence-corrected chi connectivity index (χ1v) is 7.32. The van der Waals surface area contributed by atoms with E-state index >= 15 is 0 Å². The third-order valence-electron chi connectivity index (χ3n) is 4.05. The van der Waals surface area contributed by atoms with Crippen molar-refractivity contribution >= 4 is 5.91 Å². The van der Waals surface area contributed by atoms with Gasteiger partial charge in [0.2, 0.25) is 5.91 Å². The molecule has 3 heteroatoms. The molecule has 17 heavy (non-hydrogen) atoms. The van der Waals surface area contributed by atoms with E-state index in [-0.39, 0.29) is 5.54 Å². The van der Waals surface area contributed by atoms with Crippen LogP contribution < -0.4 is 5.32 Å². The maximum atomic E-state index is 12.3. The predicted octanol–water partition coefficient (Wildman–Crippen LogP) is 2.66. The number of amides is 1. The van der Waals surface area contributed by atoms with E-state index in [4.69, 9.17) is 0 Å². The summed E-state index contributed by atoms with van der Waals surface area (Å²) in [4.78, 5) is 14.4. The van der Waals surface area contributed by atoms with E-state index in [1.165, 1.54) is 19.3 Å². The fraction of sp³-hybridized carbons (Fsp3) is 0.929. The molecule has 2 aliphatic rings. The van der Waals surface area contributed by atoms with Gasteiger partial charge in [0.15, 0.2) is 0 Å². The van der Waals surface area contributed by atoms with Crippen LogP contribution in [0.2, 0.25) is 0 Å². The zero-order chi connectivity index (χ0) is 12.3. The molecule has 1 aliphatic heterocycles. The fourth-order valence-electron chi connectivity index (χ4n) is 2.83. The highest BCUT2D eigenvalue weighted by atomic mass is 16.2. The molecule has 1 atom stereocenters. The summed E-state index contributed by atoms with van der Waals surface area (Å²) in [7, 11) is 0. The molecule has 1 saturated heterocycles. The van der Waals surface area contributed by atoms with Gasteiger partial charge in [-0.1, -0.05) is 39.5 Å². The topological polar surface area (TPSA) is 32.3 Å². The second-order valence-corrected chi connectivity index (χ2v) is 5.59.